The van der Waals surface area contributed by atoms with Gasteiger partial charge >= 0.3 is 5.97 Å². The number of fused-ring (bicyclic) bond motifs is 1. The highest BCUT2D eigenvalue weighted by Gasteiger charge is 2.30. The molecule has 3 aromatic rings. The lowest BCUT2D eigenvalue weighted by Gasteiger charge is -2.20. The topological polar surface area (TPSA) is 90.1 Å². The fraction of sp³-hybridized carbons (Fsp3) is 0.200. The Kier molecular flexibility index (Phi) is 3.98. The number of carbonyl (C=O) groups is 1. The summed E-state index contributed by atoms with van der Waals surface area (Å²) in [7, 11) is 0. The van der Waals surface area contributed by atoms with E-state index >= 15 is 0 Å². The zero-order valence-corrected chi connectivity index (χ0v) is 14.0. The van der Waals surface area contributed by atoms with Gasteiger partial charge in [0.05, 0.1) is 28.6 Å². The van der Waals surface area contributed by atoms with Crippen LogP contribution in [0.3, 0.4) is 0 Å². The lowest BCUT2D eigenvalue weighted by Crippen LogP contribution is -2.24. The second-order valence-electron chi connectivity index (χ2n) is 6.35. The van der Waals surface area contributed by atoms with E-state index in [9.17, 15) is 15.2 Å². The van der Waals surface area contributed by atoms with Crippen molar-refractivity contribution >= 4 is 22.8 Å². The molecule has 1 aliphatic heterocycles. The molecule has 0 radical (unpaired) electrons. The molecule has 1 atom stereocenters. The Morgan fingerprint density at radius 1 is 1.15 bits per heavy atom. The number of para-hydroxylation sites is 2. The van der Waals surface area contributed by atoms with E-state index in [1.165, 1.54) is 0 Å². The minimum atomic E-state index is -0.783. The fourth-order valence-electron chi connectivity index (χ4n) is 3.30. The molecule has 1 fully saturated rings. The summed E-state index contributed by atoms with van der Waals surface area (Å²) in [6, 6.07) is 17.0. The smallest absolute Gasteiger partial charge is 0.308 e. The van der Waals surface area contributed by atoms with Crippen molar-refractivity contribution in [2.45, 2.75) is 6.42 Å². The molecule has 26 heavy (non-hydrogen) atoms. The van der Waals surface area contributed by atoms with Crippen LogP contribution < -0.4 is 4.90 Å². The van der Waals surface area contributed by atoms with E-state index < -0.39 is 11.9 Å². The second-order valence-corrected chi connectivity index (χ2v) is 6.35. The van der Waals surface area contributed by atoms with Gasteiger partial charge in [0.15, 0.2) is 5.82 Å². The first-order valence-electron chi connectivity index (χ1n) is 8.41. The lowest BCUT2D eigenvalue weighted by atomic mass is 10.1. The van der Waals surface area contributed by atoms with Crippen LogP contribution in [0.25, 0.3) is 22.3 Å². The van der Waals surface area contributed by atoms with Crippen molar-refractivity contribution in [3.63, 3.8) is 0 Å². The molecule has 2 heterocycles. The van der Waals surface area contributed by atoms with Crippen LogP contribution in [-0.4, -0.2) is 34.1 Å². The van der Waals surface area contributed by atoms with Crippen molar-refractivity contribution in [3.8, 4) is 17.3 Å². The highest BCUT2D eigenvalue weighted by Crippen LogP contribution is 2.33. The van der Waals surface area contributed by atoms with Crippen LogP contribution in [-0.2, 0) is 4.79 Å². The van der Waals surface area contributed by atoms with Gasteiger partial charge in [-0.25, -0.2) is 9.97 Å². The van der Waals surface area contributed by atoms with Gasteiger partial charge in [0.25, 0.3) is 0 Å². The zero-order chi connectivity index (χ0) is 18.1. The van der Waals surface area contributed by atoms with Crippen LogP contribution in [0.15, 0.2) is 48.5 Å². The molecule has 1 saturated heterocycles. The predicted molar refractivity (Wildman–Crippen MR) is 97.6 cm³/mol. The molecule has 6 nitrogen and oxygen atoms in total. The largest absolute Gasteiger partial charge is 0.481 e. The number of carboxylic acid groups (broad SMARTS) is 1. The minimum Gasteiger partial charge on any atom is -0.481 e. The van der Waals surface area contributed by atoms with Gasteiger partial charge in [-0.1, -0.05) is 24.3 Å². The van der Waals surface area contributed by atoms with Gasteiger partial charge in [-0.3, -0.25) is 4.79 Å². The number of anilines is 1. The lowest BCUT2D eigenvalue weighted by molar-refractivity contribution is -0.140. The predicted octanol–water partition coefficient (Wildman–Crippen LogP) is 3.08. The molecule has 128 valence electrons. The first kappa shape index (κ1) is 16.0. The standard InChI is InChI=1S/C20H16N4O2/c21-11-13-4-3-5-14(10-13)18-19(24-9-8-15(12-24)20(25)26)23-17-7-2-1-6-16(17)22-18/h1-7,10,15H,8-9,12H2,(H,25,26). The summed E-state index contributed by atoms with van der Waals surface area (Å²) in [4.78, 5) is 22.9. The van der Waals surface area contributed by atoms with E-state index in [1.54, 1.807) is 12.1 Å². The quantitative estimate of drug-likeness (QED) is 0.785. The summed E-state index contributed by atoms with van der Waals surface area (Å²) in [5.41, 5.74) is 3.56. The van der Waals surface area contributed by atoms with E-state index in [0.29, 0.717) is 36.6 Å². The van der Waals surface area contributed by atoms with Crippen molar-refractivity contribution in [2.24, 2.45) is 5.92 Å². The molecule has 1 aromatic heterocycles. The molecule has 0 aliphatic carbocycles. The van der Waals surface area contributed by atoms with Crippen molar-refractivity contribution < 1.29 is 9.90 Å². The van der Waals surface area contributed by atoms with Gasteiger partial charge < -0.3 is 10.0 Å². The summed E-state index contributed by atoms with van der Waals surface area (Å²) in [5, 5.41) is 18.5. The molecule has 0 saturated carbocycles. The van der Waals surface area contributed by atoms with Gasteiger partial charge in [0.2, 0.25) is 0 Å². The fourth-order valence-corrected chi connectivity index (χ4v) is 3.30. The highest BCUT2D eigenvalue weighted by atomic mass is 16.4. The van der Waals surface area contributed by atoms with E-state index in [0.717, 1.165) is 16.6 Å². The summed E-state index contributed by atoms with van der Waals surface area (Å²) in [5.74, 6) is -0.515. The molecular weight excluding hydrogens is 328 g/mol. The third kappa shape index (κ3) is 2.84. The van der Waals surface area contributed by atoms with Crippen LogP contribution in [0.5, 0.6) is 0 Å². The number of nitriles is 1. The first-order valence-corrected chi connectivity index (χ1v) is 8.41. The van der Waals surface area contributed by atoms with Gasteiger partial charge in [-0.15, -0.1) is 0 Å². The molecule has 1 N–H and O–H groups in total. The van der Waals surface area contributed by atoms with Crippen molar-refractivity contribution in [3.05, 3.63) is 54.1 Å². The number of hydrogen-bond donors (Lipinski definition) is 1. The Morgan fingerprint density at radius 2 is 1.92 bits per heavy atom. The molecule has 0 bridgehead atoms. The van der Waals surface area contributed by atoms with E-state index in [-0.39, 0.29) is 0 Å². The summed E-state index contributed by atoms with van der Waals surface area (Å²) >= 11 is 0. The molecule has 0 spiro atoms. The van der Waals surface area contributed by atoms with Crippen LogP contribution in [0.2, 0.25) is 0 Å². The Morgan fingerprint density at radius 3 is 2.62 bits per heavy atom. The number of hydrogen-bond acceptors (Lipinski definition) is 5. The third-order valence-corrected chi connectivity index (χ3v) is 4.65. The molecule has 2 aromatic carbocycles. The normalized spacial score (nSPS) is 16.6. The Balaban J connectivity index is 1.87. The maximum Gasteiger partial charge on any atom is 0.308 e. The van der Waals surface area contributed by atoms with Crippen molar-refractivity contribution in [1.82, 2.24) is 9.97 Å². The van der Waals surface area contributed by atoms with Gasteiger partial charge in [-0.05, 0) is 30.7 Å². The van der Waals surface area contributed by atoms with Crippen molar-refractivity contribution in [1.29, 1.82) is 5.26 Å². The Labute approximate surface area is 150 Å². The minimum absolute atomic E-state index is 0.401. The van der Waals surface area contributed by atoms with Gasteiger partial charge in [0, 0.05) is 18.7 Å². The number of rotatable bonds is 3. The maximum atomic E-state index is 11.3. The molecule has 4 rings (SSSR count). The van der Waals surface area contributed by atoms with E-state index in [1.807, 2.05) is 41.3 Å². The number of benzene rings is 2. The van der Waals surface area contributed by atoms with Gasteiger partial charge in [-0.2, -0.15) is 5.26 Å². The first-order chi connectivity index (χ1) is 12.7. The highest BCUT2D eigenvalue weighted by molar-refractivity contribution is 5.84. The average molecular weight is 344 g/mol. The second kappa shape index (κ2) is 6.45. The molecule has 6 heteroatoms. The number of aliphatic carboxylic acids is 1. The van der Waals surface area contributed by atoms with Gasteiger partial charge in [0.1, 0.15) is 5.69 Å². The number of aromatic nitrogens is 2. The summed E-state index contributed by atoms with van der Waals surface area (Å²) in [6.07, 6.45) is 0.585. The number of carboxylic acids is 1. The van der Waals surface area contributed by atoms with Crippen LogP contribution in [0.1, 0.15) is 12.0 Å². The molecule has 0 amide bonds. The van der Waals surface area contributed by atoms with E-state index in [2.05, 4.69) is 6.07 Å². The summed E-state index contributed by atoms with van der Waals surface area (Å²) < 4.78 is 0. The summed E-state index contributed by atoms with van der Waals surface area (Å²) in [6.45, 7) is 1.03. The maximum absolute atomic E-state index is 11.3. The van der Waals surface area contributed by atoms with Crippen molar-refractivity contribution in [2.75, 3.05) is 18.0 Å². The Bertz CT molecular complexity index is 1040. The Hall–Kier alpha value is -3.46. The molecular formula is C20H16N4O2. The zero-order valence-electron chi connectivity index (χ0n) is 14.0. The monoisotopic (exact) mass is 344 g/mol. The molecule has 1 aliphatic rings. The third-order valence-electron chi connectivity index (χ3n) is 4.65. The molecule has 1 unspecified atom stereocenters. The van der Waals surface area contributed by atoms with E-state index in [4.69, 9.17) is 9.97 Å². The SMILES string of the molecule is N#Cc1cccc(-c2nc3ccccc3nc2N2CCC(C(=O)O)C2)c1. The average Bonchev–Trinajstić information content (AvgIpc) is 3.17. The van der Waals surface area contributed by atoms with Crippen LogP contribution >= 0.6 is 0 Å². The number of nitrogens with zero attached hydrogens (tertiary/aromatic N) is 4. The van der Waals surface area contributed by atoms with Crippen LogP contribution in [0, 0.1) is 17.2 Å². The van der Waals surface area contributed by atoms with Crippen LogP contribution in [0.4, 0.5) is 5.82 Å².